The molecule has 0 saturated heterocycles. The summed E-state index contributed by atoms with van der Waals surface area (Å²) < 4.78 is 32.0. The summed E-state index contributed by atoms with van der Waals surface area (Å²) in [7, 11) is 2.74. The van der Waals surface area contributed by atoms with Crippen LogP contribution in [0.2, 0.25) is 0 Å². The van der Waals surface area contributed by atoms with Gasteiger partial charge >= 0.3 is 6.03 Å². The number of pyridine rings is 1. The fraction of sp³-hybridized carbons (Fsp3) is 0.0909. The molecule has 2 aromatic carbocycles. The molecule has 14 heteroatoms. The van der Waals surface area contributed by atoms with Crippen molar-refractivity contribution in [3.63, 3.8) is 0 Å². The number of urea groups is 1. The first-order valence-corrected chi connectivity index (χ1v) is 10.1. The molecule has 13 nitrogen and oxygen atoms in total. The number of aromatic hydroxyl groups is 1. The number of aromatic nitrogens is 5. The van der Waals surface area contributed by atoms with Crippen LogP contribution in [0, 0.1) is 5.82 Å². The molecule has 0 saturated carbocycles. The number of ether oxygens (including phenoxy) is 3. The van der Waals surface area contributed by atoms with Gasteiger partial charge in [0.25, 0.3) is 0 Å². The quantitative estimate of drug-likeness (QED) is 0.277. The third-order valence-corrected chi connectivity index (χ3v) is 4.72. The van der Waals surface area contributed by atoms with Crippen LogP contribution in [0.4, 0.5) is 14.9 Å². The Kier molecular flexibility index (Phi) is 6.85. The lowest BCUT2D eigenvalue weighted by atomic mass is 10.2. The summed E-state index contributed by atoms with van der Waals surface area (Å²) in [5.74, 6) is -0.173. The van der Waals surface area contributed by atoms with E-state index in [2.05, 4.69) is 25.6 Å². The highest BCUT2D eigenvalue weighted by atomic mass is 19.1. The van der Waals surface area contributed by atoms with Crippen LogP contribution in [-0.2, 0) is 0 Å². The number of hydrazone groups is 1. The molecule has 184 valence electrons. The van der Waals surface area contributed by atoms with Gasteiger partial charge in [-0.05, 0) is 40.8 Å². The van der Waals surface area contributed by atoms with E-state index >= 15 is 0 Å². The summed E-state index contributed by atoms with van der Waals surface area (Å²) in [4.78, 5) is 16.1. The summed E-state index contributed by atoms with van der Waals surface area (Å²) >= 11 is 0. The maximum Gasteiger partial charge on any atom is 0.340 e. The summed E-state index contributed by atoms with van der Waals surface area (Å²) in [6, 6.07) is 8.79. The molecule has 0 atom stereocenters. The number of rotatable bonds is 8. The number of nitrogens with zero attached hydrogens (tertiary/aromatic N) is 7. The van der Waals surface area contributed by atoms with Gasteiger partial charge in [-0.25, -0.2) is 14.2 Å². The fourth-order valence-corrected chi connectivity index (χ4v) is 3.05. The topological polar surface area (TPSA) is 163 Å². The zero-order valence-corrected chi connectivity index (χ0v) is 18.9. The lowest BCUT2D eigenvalue weighted by Crippen LogP contribution is -2.31. The minimum atomic E-state index is -0.961. The number of anilines is 1. The second-order valence-corrected chi connectivity index (χ2v) is 6.99. The van der Waals surface area contributed by atoms with Gasteiger partial charge < -0.3 is 25.1 Å². The molecule has 2 amide bonds. The van der Waals surface area contributed by atoms with Crippen molar-refractivity contribution >= 4 is 17.9 Å². The third kappa shape index (κ3) is 5.11. The summed E-state index contributed by atoms with van der Waals surface area (Å²) in [6.07, 6.45) is 4.08. The molecule has 0 unspecified atom stereocenters. The highest BCUT2D eigenvalue weighted by molar-refractivity contribution is 5.93. The number of methoxy groups -OCH3 is 2. The molecule has 0 aliphatic heterocycles. The monoisotopic (exact) mass is 494 g/mol. The fourth-order valence-electron chi connectivity index (χ4n) is 3.05. The van der Waals surface area contributed by atoms with Crippen LogP contribution >= 0.6 is 0 Å². The molecule has 2 aromatic heterocycles. The van der Waals surface area contributed by atoms with Gasteiger partial charge in [0.15, 0.2) is 28.9 Å². The van der Waals surface area contributed by atoms with E-state index in [1.54, 1.807) is 0 Å². The Labute approximate surface area is 203 Å². The average molecular weight is 494 g/mol. The molecule has 0 spiro atoms. The summed E-state index contributed by atoms with van der Waals surface area (Å²) in [5.41, 5.74) is 5.92. The van der Waals surface area contributed by atoms with E-state index in [1.807, 2.05) is 0 Å². The molecule has 0 aliphatic carbocycles. The van der Waals surface area contributed by atoms with Gasteiger partial charge in [-0.3, -0.25) is 0 Å². The predicted octanol–water partition coefficient (Wildman–Crippen LogP) is 2.63. The molecule has 4 rings (SSSR count). The van der Waals surface area contributed by atoms with Crippen molar-refractivity contribution in [3.8, 4) is 34.6 Å². The van der Waals surface area contributed by atoms with E-state index in [4.69, 9.17) is 19.9 Å². The normalized spacial score (nSPS) is 10.9. The van der Waals surface area contributed by atoms with E-state index in [0.29, 0.717) is 11.4 Å². The van der Waals surface area contributed by atoms with Crippen LogP contribution in [0.3, 0.4) is 0 Å². The molecule has 3 N–H and O–H groups in total. The van der Waals surface area contributed by atoms with Gasteiger partial charge in [0, 0.05) is 23.9 Å². The van der Waals surface area contributed by atoms with Crippen LogP contribution in [0.15, 0.2) is 60.1 Å². The van der Waals surface area contributed by atoms with Gasteiger partial charge in [-0.2, -0.15) is 14.8 Å². The number of carbonyl (C=O) groups excluding carboxylic acids is 1. The summed E-state index contributed by atoms with van der Waals surface area (Å²) in [5, 5.41) is 25.7. The lowest BCUT2D eigenvalue weighted by Gasteiger charge is -2.16. The number of hydrogen-bond acceptors (Lipinski definition) is 10. The smallest absolute Gasteiger partial charge is 0.340 e. The number of halogens is 1. The molecule has 0 radical (unpaired) electrons. The minimum absolute atomic E-state index is 0.0467. The largest absolute Gasteiger partial charge is 0.502 e. The number of primary amides is 1. The number of benzene rings is 2. The Morgan fingerprint density at radius 2 is 1.89 bits per heavy atom. The van der Waals surface area contributed by atoms with Crippen LogP contribution in [0.1, 0.15) is 5.56 Å². The van der Waals surface area contributed by atoms with Crippen molar-refractivity contribution in [2.45, 2.75) is 0 Å². The van der Waals surface area contributed by atoms with E-state index < -0.39 is 11.8 Å². The van der Waals surface area contributed by atoms with Gasteiger partial charge in [-0.15, -0.1) is 5.10 Å². The molecule has 0 fully saturated rings. The van der Waals surface area contributed by atoms with Crippen LogP contribution < -0.4 is 25.0 Å². The molecule has 4 aromatic rings. The van der Waals surface area contributed by atoms with Gasteiger partial charge in [0.2, 0.25) is 5.75 Å². The van der Waals surface area contributed by atoms with E-state index in [0.717, 1.165) is 11.1 Å². The second-order valence-electron chi connectivity index (χ2n) is 6.99. The predicted molar refractivity (Wildman–Crippen MR) is 124 cm³/mol. The van der Waals surface area contributed by atoms with Gasteiger partial charge in [-0.1, -0.05) is 0 Å². The Bertz CT molecular complexity index is 1390. The number of phenols is 1. The Balaban J connectivity index is 1.57. The van der Waals surface area contributed by atoms with Crippen molar-refractivity contribution in [1.29, 1.82) is 0 Å². The zero-order chi connectivity index (χ0) is 25.7. The van der Waals surface area contributed by atoms with Crippen molar-refractivity contribution in [1.82, 2.24) is 25.2 Å². The van der Waals surface area contributed by atoms with Crippen molar-refractivity contribution in [3.05, 3.63) is 66.4 Å². The molecule has 36 heavy (non-hydrogen) atoms. The first-order valence-electron chi connectivity index (χ1n) is 10.1. The zero-order valence-electron chi connectivity index (χ0n) is 18.9. The Morgan fingerprint density at radius 3 is 2.50 bits per heavy atom. The van der Waals surface area contributed by atoms with Crippen molar-refractivity contribution < 1.29 is 28.5 Å². The lowest BCUT2D eigenvalue weighted by molar-refractivity contribution is 0.254. The molecular weight excluding hydrogens is 475 g/mol. The average Bonchev–Trinajstić information content (AvgIpc) is 3.41. The summed E-state index contributed by atoms with van der Waals surface area (Å²) in [6.45, 7) is 0. The van der Waals surface area contributed by atoms with E-state index in [1.165, 1.54) is 74.0 Å². The number of nitrogens with two attached hydrogens (primary N) is 1. The number of carbonyl (C=O) groups is 1. The van der Waals surface area contributed by atoms with Gasteiger partial charge in [0.05, 0.1) is 26.1 Å². The van der Waals surface area contributed by atoms with Crippen LogP contribution in [0.5, 0.6) is 28.7 Å². The maximum absolute atomic E-state index is 14.9. The Hall–Kier alpha value is -5.27. The van der Waals surface area contributed by atoms with Crippen LogP contribution in [0.25, 0.3) is 5.82 Å². The maximum atomic E-state index is 14.9. The molecule has 2 heterocycles. The second kappa shape index (κ2) is 10.3. The number of phenolic OH excluding ortho intramolecular Hbond substituents is 1. The minimum Gasteiger partial charge on any atom is -0.502 e. The van der Waals surface area contributed by atoms with Gasteiger partial charge in [0.1, 0.15) is 12.1 Å². The number of amides is 2. The first kappa shape index (κ1) is 23.9. The van der Waals surface area contributed by atoms with E-state index in [-0.39, 0.29) is 34.4 Å². The SMILES string of the molecule is COc1cc(/C=N/N(C(N)=O)c2ccc(Oc3ccnc(-n4cnnn4)c3)c(F)c2)cc(OC)c1O. The highest BCUT2D eigenvalue weighted by Crippen LogP contribution is 2.36. The molecular formula is C22H19FN8O5. The van der Waals surface area contributed by atoms with E-state index in [9.17, 15) is 14.3 Å². The Morgan fingerprint density at radius 1 is 1.14 bits per heavy atom. The third-order valence-electron chi connectivity index (χ3n) is 4.72. The highest BCUT2D eigenvalue weighted by Gasteiger charge is 2.16. The first-order chi connectivity index (χ1) is 17.4. The van der Waals surface area contributed by atoms with Crippen LogP contribution in [-0.4, -0.2) is 56.8 Å². The van der Waals surface area contributed by atoms with Crippen molar-refractivity contribution in [2.75, 3.05) is 19.2 Å². The van der Waals surface area contributed by atoms with Crippen molar-refractivity contribution in [2.24, 2.45) is 10.8 Å². The molecule has 0 bridgehead atoms. The number of hydrogen-bond donors (Lipinski definition) is 2. The standard InChI is InChI=1S/C22H19FN8O5/c1-34-18-7-13(8-19(35-2)21(18)32)11-27-31(22(24)33)14-3-4-17(16(23)9-14)36-15-5-6-25-20(10-15)30-12-26-28-29-30/h3-12,32H,1-2H3,(H2,24,33)/b27-11+. The number of tetrazole rings is 1. The molecule has 0 aliphatic rings.